The van der Waals surface area contributed by atoms with Gasteiger partial charge in [0.15, 0.2) is 0 Å². The van der Waals surface area contributed by atoms with E-state index in [1.165, 1.54) is 6.42 Å². The average molecular weight is 217 g/mol. The van der Waals surface area contributed by atoms with E-state index >= 15 is 0 Å². The zero-order valence-corrected chi connectivity index (χ0v) is 11.7. The second-order valence-corrected chi connectivity index (χ2v) is 5.86. The Morgan fingerprint density at radius 2 is 1.64 bits per heavy atom. The van der Waals surface area contributed by atoms with Crippen LogP contribution in [0.5, 0.6) is 0 Å². The van der Waals surface area contributed by atoms with Crippen LogP contribution in [0.1, 0.15) is 54.9 Å². The Morgan fingerprint density at radius 3 is 1.93 bits per heavy atom. The van der Waals surface area contributed by atoms with Crippen LogP contribution < -0.4 is 0 Å². The van der Waals surface area contributed by atoms with E-state index in [1.807, 2.05) is 13.8 Å². The lowest BCUT2D eigenvalue weighted by Gasteiger charge is -2.49. The van der Waals surface area contributed by atoms with E-state index in [9.17, 15) is 0 Å². The quantitative estimate of drug-likeness (QED) is 0.697. The Labute approximate surface area is 94.6 Å². The normalized spacial score (nSPS) is 27.2. The van der Waals surface area contributed by atoms with E-state index in [2.05, 4.69) is 51.3 Å². The van der Waals surface area contributed by atoms with Crippen molar-refractivity contribution in [2.24, 2.45) is 5.92 Å². The average Bonchev–Trinajstić information content (AvgIpc) is 2.04. The molecule has 0 N–H and O–H groups in total. The maximum Gasteiger partial charge on any atom is 0.0587 e. The molecule has 1 fully saturated rings. The van der Waals surface area contributed by atoms with Gasteiger partial charge in [-0.15, -0.1) is 11.8 Å². The van der Waals surface area contributed by atoms with Crippen molar-refractivity contribution in [3.05, 3.63) is 0 Å². The number of thioether (sulfide) groups is 1. The monoisotopic (exact) mass is 217 g/mol. The summed E-state index contributed by atoms with van der Waals surface area (Å²) in [5, 5.41) is 1.54. The molecule has 1 aliphatic rings. The molecule has 1 rings (SSSR count). The van der Waals surface area contributed by atoms with E-state index in [0.717, 1.165) is 16.7 Å². The molecule has 2 unspecified atom stereocenters. The van der Waals surface area contributed by atoms with Gasteiger partial charge in [0.25, 0.3) is 0 Å². The van der Waals surface area contributed by atoms with Crippen LogP contribution in [-0.4, -0.2) is 21.7 Å². The van der Waals surface area contributed by atoms with Crippen molar-refractivity contribution >= 4 is 11.8 Å². The van der Waals surface area contributed by atoms with Gasteiger partial charge in [0.2, 0.25) is 0 Å². The van der Waals surface area contributed by atoms with Crippen molar-refractivity contribution in [1.82, 2.24) is 4.90 Å². The van der Waals surface area contributed by atoms with Crippen LogP contribution in [-0.2, 0) is 0 Å². The van der Waals surface area contributed by atoms with Crippen LogP contribution in [0.3, 0.4) is 0 Å². The van der Waals surface area contributed by atoms with Gasteiger partial charge in [-0.05, 0) is 33.1 Å². The molecule has 86 valence electrons. The first kappa shape index (κ1) is 14.3. The maximum absolute atomic E-state index is 2.62. The first-order valence-corrected chi connectivity index (χ1v) is 6.89. The van der Waals surface area contributed by atoms with Gasteiger partial charge < -0.3 is 0 Å². The second kappa shape index (κ2) is 6.73. The van der Waals surface area contributed by atoms with Crippen molar-refractivity contribution in [3.8, 4) is 0 Å². The van der Waals surface area contributed by atoms with Crippen molar-refractivity contribution in [2.45, 2.75) is 71.7 Å². The summed E-state index contributed by atoms with van der Waals surface area (Å²) in [5.41, 5.74) is 0. The predicted molar refractivity (Wildman–Crippen MR) is 68.6 cm³/mol. The number of rotatable bonds is 3. The fourth-order valence-corrected chi connectivity index (χ4v) is 3.73. The van der Waals surface area contributed by atoms with Gasteiger partial charge in [0, 0.05) is 6.04 Å². The van der Waals surface area contributed by atoms with Crippen LogP contribution in [0.15, 0.2) is 0 Å². The zero-order chi connectivity index (χ0) is 11.3. The van der Waals surface area contributed by atoms with E-state index in [1.54, 1.807) is 0 Å². The number of hydrogen-bond donors (Lipinski definition) is 0. The van der Waals surface area contributed by atoms with Gasteiger partial charge in [-0.3, -0.25) is 4.90 Å². The van der Waals surface area contributed by atoms with Crippen LogP contribution in [0.25, 0.3) is 0 Å². The molecule has 1 saturated heterocycles. The molecule has 14 heavy (non-hydrogen) atoms. The molecular formula is C12H27NS. The summed E-state index contributed by atoms with van der Waals surface area (Å²) in [6.45, 7) is 15.5. The molecule has 0 aromatic carbocycles. The molecular weight excluding hydrogens is 190 g/mol. The minimum Gasteiger partial charge on any atom is -0.277 e. The Morgan fingerprint density at radius 1 is 1.14 bits per heavy atom. The third-order valence-electron chi connectivity index (χ3n) is 2.38. The lowest BCUT2D eigenvalue weighted by atomic mass is 10.1. The third-order valence-corrected chi connectivity index (χ3v) is 3.76. The third kappa shape index (κ3) is 3.82. The van der Waals surface area contributed by atoms with Crippen LogP contribution >= 0.6 is 11.8 Å². The second-order valence-electron chi connectivity index (χ2n) is 4.36. The van der Waals surface area contributed by atoms with Crippen molar-refractivity contribution < 1.29 is 0 Å². The summed E-state index contributed by atoms with van der Waals surface area (Å²) in [4.78, 5) is 2.62. The Kier molecular flexibility index (Phi) is 6.88. The number of hydrogen-bond acceptors (Lipinski definition) is 2. The Hall–Kier alpha value is 0.310. The largest absolute Gasteiger partial charge is 0.277 e. The van der Waals surface area contributed by atoms with Gasteiger partial charge >= 0.3 is 0 Å². The van der Waals surface area contributed by atoms with E-state index in [4.69, 9.17) is 0 Å². The van der Waals surface area contributed by atoms with Crippen molar-refractivity contribution in [3.63, 3.8) is 0 Å². The van der Waals surface area contributed by atoms with Crippen LogP contribution in [0.2, 0.25) is 0 Å². The van der Waals surface area contributed by atoms with E-state index in [0.29, 0.717) is 6.04 Å². The van der Waals surface area contributed by atoms with Crippen LogP contribution in [0.4, 0.5) is 0 Å². The van der Waals surface area contributed by atoms with Gasteiger partial charge in [-0.1, -0.05) is 27.7 Å². The van der Waals surface area contributed by atoms with Crippen LogP contribution in [0, 0.1) is 5.92 Å². The molecule has 0 bridgehead atoms. The summed E-state index contributed by atoms with van der Waals surface area (Å²) in [6.07, 6.45) is 1.34. The molecule has 1 heterocycles. The van der Waals surface area contributed by atoms with E-state index < -0.39 is 0 Å². The highest BCUT2D eigenvalue weighted by atomic mass is 32.2. The van der Waals surface area contributed by atoms with Crippen molar-refractivity contribution in [2.75, 3.05) is 0 Å². The maximum atomic E-state index is 2.62. The fourth-order valence-electron chi connectivity index (χ4n) is 1.87. The minimum absolute atomic E-state index is 0.713. The Balaban J connectivity index is 0.000000791. The SMILES string of the molecule is CC.CC(C)CC1SC(C)N1C(C)C. The summed E-state index contributed by atoms with van der Waals surface area (Å²) in [5.74, 6) is 0.830. The van der Waals surface area contributed by atoms with E-state index in [-0.39, 0.29) is 0 Å². The molecule has 0 spiro atoms. The lowest BCUT2D eigenvalue weighted by molar-refractivity contribution is 0.150. The van der Waals surface area contributed by atoms with Gasteiger partial charge in [-0.2, -0.15) is 0 Å². The summed E-state index contributed by atoms with van der Waals surface area (Å²) < 4.78 is 0. The topological polar surface area (TPSA) is 3.24 Å². The molecule has 0 aliphatic carbocycles. The summed E-state index contributed by atoms with van der Waals surface area (Å²) >= 11 is 2.12. The minimum atomic E-state index is 0.713. The van der Waals surface area contributed by atoms with Gasteiger partial charge in [0.05, 0.1) is 10.7 Å². The summed E-state index contributed by atoms with van der Waals surface area (Å²) in [6, 6.07) is 0.713. The molecule has 0 amide bonds. The molecule has 0 aromatic rings. The Bertz CT molecular complexity index is 141. The smallest absolute Gasteiger partial charge is 0.0587 e. The highest BCUT2D eigenvalue weighted by Gasteiger charge is 2.37. The molecule has 2 heteroatoms. The highest BCUT2D eigenvalue weighted by Crippen LogP contribution is 2.41. The molecule has 1 nitrogen and oxygen atoms in total. The zero-order valence-electron chi connectivity index (χ0n) is 10.9. The molecule has 1 aliphatic heterocycles. The molecule has 0 radical (unpaired) electrons. The molecule has 0 aromatic heterocycles. The van der Waals surface area contributed by atoms with Crippen molar-refractivity contribution in [1.29, 1.82) is 0 Å². The number of nitrogens with zero attached hydrogens (tertiary/aromatic N) is 1. The van der Waals surface area contributed by atoms with Gasteiger partial charge in [-0.25, -0.2) is 0 Å². The highest BCUT2D eigenvalue weighted by molar-refractivity contribution is 8.01. The fraction of sp³-hybridized carbons (Fsp3) is 1.00. The lowest BCUT2D eigenvalue weighted by Crippen LogP contribution is -2.53. The predicted octanol–water partition coefficient (Wildman–Crippen LogP) is 4.19. The van der Waals surface area contributed by atoms with Gasteiger partial charge in [0.1, 0.15) is 0 Å². The standard InChI is InChI=1S/C10H21NS.C2H6/c1-7(2)6-10-11(8(3)4)9(5)12-10;1-2/h7-10H,6H2,1-5H3;1-2H3. The molecule has 2 atom stereocenters. The summed E-state index contributed by atoms with van der Waals surface area (Å²) in [7, 11) is 0. The first-order valence-electron chi connectivity index (χ1n) is 5.95. The molecule has 0 saturated carbocycles. The first-order chi connectivity index (χ1) is 6.52.